The lowest BCUT2D eigenvalue weighted by Gasteiger charge is -2.24. The van der Waals surface area contributed by atoms with Gasteiger partial charge in [-0.05, 0) is 26.6 Å². The van der Waals surface area contributed by atoms with E-state index in [2.05, 4.69) is 22.0 Å². The fourth-order valence-electron chi connectivity index (χ4n) is 2.17. The third kappa shape index (κ3) is 5.24. The van der Waals surface area contributed by atoms with Crippen LogP contribution < -0.4 is 0 Å². The van der Waals surface area contributed by atoms with Crippen molar-refractivity contribution < 1.29 is 4.79 Å². The Hall–Kier alpha value is -1.72. The maximum absolute atomic E-state index is 12.6. The molecule has 22 heavy (non-hydrogen) atoms. The van der Waals surface area contributed by atoms with Gasteiger partial charge >= 0.3 is 0 Å². The summed E-state index contributed by atoms with van der Waals surface area (Å²) in [5, 5.41) is 2.98. The number of nitrogens with zero attached hydrogens (tertiary/aromatic N) is 3. The second-order valence-electron chi connectivity index (χ2n) is 5.64. The Morgan fingerprint density at radius 2 is 1.91 bits per heavy atom. The number of hydrogen-bond donors (Lipinski definition) is 0. The highest BCUT2D eigenvalue weighted by atomic mass is 32.1. The lowest BCUT2D eigenvalue weighted by atomic mass is 10.2. The molecule has 118 valence electrons. The van der Waals surface area contributed by atoms with E-state index in [9.17, 15) is 4.79 Å². The van der Waals surface area contributed by atoms with Crippen molar-refractivity contribution in [3.05, 3.63) is 52.0 Å². The smallest absolute Gasteiger partial charge is 0.228 e. The molecular weight excluding hydrogens is 294 g/mol. The van der Waals surface area contributed by atoms with Crippen LogP contribution in [0.4, 0.5) is 0 Å². The van der Waals surface area contributed by atoms with Crippen LogP contribution in [0, 0.1) is 6.92 Å². The van der Waals surface area contributed by atoms with Crippen LogP contribution in [0.3, 0.4) is 0 Å². The first-order valence-corrected chi connectivity index (χ1v) is 8.30. The van der Waals surface area contributed by atoms with E-state index >= 15 is 0 Å². The number of aryl methyl sites for hydroxylation is 1. The minimum Gasteiger partial charge on any atom is -0.337 e. The van der Waals surface area contributed by atoms with Gasteiger partial charge in [0.15, 0.2) is 0 Å². The van der Waals surface area contributed by atoms with Crippen LogP contribution in [0.1, 0.15) is 16.3 Å². The predicted molar refractivity (Wildman–Crippen MR) is 91.0 cm³/mol. The number of benzene rings is 1. The molecule has 0 saturated heterocycles. The first kappa shape index (κ1) is 16.6. The topological polar surface area (TPSA) is 36.4 Å². The highest BCUT2D eigenvalue weighted by Gasteiger charge is 2.16. The maximum atomic E-state index is 12.6. The fraction of sp³-hybridized carbons (Fsp3) is 0.412. The van der Waals surface area contributed by atoms with E-state index in [0.29, 0.717) is 13.0 Å². The number of rotatable bonds is 7. The second kappa shape index (κ2) is 8.06. The van der Waals surface area contributed by atoms with Crippen molar-refractivity contribution in [2.45, 2.75) is 19.9 Å². The van der Waals surface area contributed by atoms with Crippen LogP contribution in [-0.4, -0.2) is 47.9 Å². The summed E-state index contributed by atoms with van der Waals surface area (Å²) in [6, 6.07) is 10.1. The highest BCUT2D eigenvalue weighted by Crippen LogP contribution is 2.11. The zero-order chi connectivity index (χ0) is 15.9. The summed E-state index contributed by atoms with van der Waals surface area (Å²) < 4.78 is 0. The Morgan fingerprint density at radius 1 is 1.18 bits per heavy atom. The molecule has 0 aliphatic rings. The molecule has 0 unspecified atom stereocenters. The van der Waals surface area contributed by atoms with Gasteiger partial charge in [0.1, 0.15) is 0 Å². The van der Waals surface area contributed by atoms with Crippen molar-refractivity contribution in [1.29, 1.82) is 0 Å². The SMILES string of the molecule is Cc1nc(CC(=O)N(CCN(C)C)Cc2ccccc2)cs1. The number of carbonyl (C=O) groups is 1. The zero-order valence-corrected chi connectivity index (χ0v) is 14.3. The minimum atomic E-state index is 0.135. The van der Waals surface area contributed by atoms with Gasteiger partial charge < -0.3 is 9.80 Å². The molecule has 0 fully saturated rings. The Balaban J connectivity index is 2.03. The van der Waals surface area contributed by atoms with Crippen molar-refractivity contribution >= 4 is 17.2 Å². The standard InChI is InChI=1S/C17H23N3OS/c1-14-18-16(13-22-14)11-17(21)20(10-9-19(2)3)12-15-7-5-4-6-8-15/h4-8,13H,9-12H2,1-3H3. The molecule has 1 aromatic carbocycles. The highest BCUT2D eigenvalue weighted by molar-refractivity contribution is 7.09. The van der Waals surface area contributed by atoms with E-state index in [-0.39, 0.29) is 5.91 Å². The van der Waals surface area contributed by atoms with Gasteiger partial charge in [-0.1, -0.05) is 30.3 Å². The molecular formula is C17H23N3OS. The summed E-state index contributed by atoms with van der Waals surface area (Å²) in [5.74, 6) is 0.135. The van der Waals surface area contributed by atoms with Crippen molar-refractivity contribution in [2.75, 3.05) is 27.2 Å². The summed E-state index contributed by atoms with van der Waals surface area (Å²) in [4.78, 5) is 21.0. The van der Waals surface area contributed by atoms with E-state index in [1.54, 1.807) is 11.3 Å². The lowest BCUT2D eigenvalue weighted by Crippen LogP contribution is -2.37. The van der Waals surface area contributed by atoms with E-state index in [4.69, 9.17) is 0 Å². The molecule has 0 aliphatic carbocycles. The molecule has 1 heterocycles. The average Bonchev–Trinajstić information content (AvgIpc) is 2.89. The second-order valence-corrected chi connectivity index (χ2v) is 6.70. The molecule has 0 radical (unpaired) electrons. The number of hydrogen-bond acceptors (Lipinski definition) is 4. The lowest BCUT2D eigenvalue weighted by molar-refractivity contribution is -0.131. The van der Waals surface area contributed by atoms with Crippen molar-refractivity contribution in [3.63, 3.8) is 0 Å². The summed E-state index contributed by atoms with van der Waals surface area (Å²) in [5.41, 5.74) is 2.03. The Bertz CT molecular complexity index is 595. The first-order chi connectivity index (χ1) is 10.5. The Labute approximate surface area is 136 Å². The van der Waals surface area contributed by atoms with E-state index in [1.807, 2.05) is 49.5 Å². The Morgan fingerprint density at radius 3 is 2.50 bits per heavy atom. The largest absolute Gasteiger partial charge is 0.337 e. The van der Waals surface area contributed by atoms with Gasteiger partial charge in [-0.3, -0.25) is 4.79 Å². The number of amides is 1. The molecule has 0 spiro atoms. The van der Waals surface area contributed by atoms with Gasteiger partial charge in [0, 0.05) is 25.0 Å². The van der Waals surface area contributed by atoms with Gasteiger partial charge in [-0.15, -0.1) is 11.3 Å². The molecule has 4 nitrogen and oxygen atoms in total. The monoisotopic (exact) mass is 317 g/mol. The Kier molecular flexibility index (Phi) is 6.10. The third-order valence-corrected chi connectivity index (χ3v) is 4.21. The molecule has 1 amide bonds. The molecule has 2 aromatic rings. The molecule has 2 rings (SSSR count). The van der Waals surface area contributed by atoms with Crippen LogP contribution in [0.5, 0.6) is 0 Å². The molecule has 0 aliphatic heterocycles. The van der Waals surface area contributed by atoms with E-state index < -0.39 is 0 Å². The van der Waals surface area contributed by atoms with Crippen LogP contribution in [0.15, 0.2) is 35.7 Å². The average molecular weight is 317 g/mol. The zero-order valence-electron chi connectivity index (χ0n) is 13.5. The van der Waals surface area contributed by atoms with Crippen LogP contribution in [0.2, 0.25) is 0 Å². The molecule has 0 saturated carbocycles. The van der Waals surface area contributed by atoms with Crippen molar-refractivity contribution in [1.82, 2.24) is 14.8 Å². The van der Waals surface area contributed by atoms with Gasteiger partial charge in [0.25, 0.3) is 0 Å². The van der Waals surface area contributed by atoms with E-state index in [0.717, 1.165) is 29.4 Å². The van der Waals surface area contributed by atoms with E-state index in [1.165, 1.54) is 0 Å². The molecule has 0 N–H and O–H groups in total. The number of likely N-dealkylation sites (N-methyl/N-ethyl adjacent to an activating group) is 1. The normalized spacial score (nSPS) is 10.9. The number of carbonyl (C=O) groups excluding carboxylic acids is 1. The third-order valence-electron chi connectivity index (χ3n) is 3.39. The van der Waals surface area contributed by atoms with Crippen LogP contribution >= 0.6 is 11.3 Å². The first-order valence-electron chi connectivity index (χ1n) is 7.42. The summed E-state index contributed by atoms with van der Waals surface area (Å²) >= 11 is 1.59. The summed E-state index contributed by atoms with van der Waals surface area (Å²) in [6.07, 6.45) is 0.380. The quantitative estimate of drug-likeness (QED) is 0.787. The predicted octanol–water partition coefficient (Wildman–Crippen LogP) is 2.58. The number of aromatic nitrogens is 1. The van der Waals surface area contributed by atoms with Crippen molar-refractivity contribution in [3.8, 4) is 0 Å². The molecule has 5 heteroatoms. The van der Waals surface area contributed by atoms with Gasteiger partial charge in [0.2, 0.25) is 5.91 Å². The van der Waals surface area contributed by atoms with Crippen LogP contribution in [-0.2, 0) is 17.8 Å². The fourth-order valence-corrected chi connectivity index (χ4v) is 2.79. The van der Waals surface area contributed by atoms with Gasteiger partial charge in [-0.25, -0.2) is 4.98 Å². The van der Waals surface area contributed by atoms with Gasteiger partial charge in [0.05, 0.1) is 17.1 Å². The molecule has 1 aromatic heterocycles. The van der Waals surface area contributed by atoms with Gasteiger partial charge in [-0.2, -0.15) is 0 Å². The summed E-state index contributed by atoms with van der Waals surface area (Å²) in [6.45, 7) is 4.20. The number of thiazole rings is 1. The van der Waals surface area contributed by atoms with Crippen molar-refractivity contribution in [2.24, 2.45) is 0 Å². The summed E-state index contributed by atoms with van der Waals surface area (Å²) in [7, 11) is 4.05. The maximum Gasteiger partial charge on any atom is 0.228 e. The molecule has 0 atom stereocenters. The minimum absolute atomic E-state index is 0.135. The molecule has 0 bridgehead atoms. The van der Waals surface area contributed by atoms with Crippen LogP contribution in [0.25, 0.3) is 0 Å².